The van der Waals surface area contributed by atoms with Crippen molar-refractivity contribution >= 4 is 5.69 Å². The van der Waals surface area contributed by atoms with Gasteiger partial charge in [-0.3, -0.25) is 0 Å². The summed E-state index contributed by atoms with van der Waals surface area (Å²) in [7, 11) is 0. The van der Waals surface area contributed by atoms with Crippen molar-refractivity contribution in [2.24, 2.45) is 0 Å². The molecule has 0 radical (unpaired) electrons. The molecule has 92 valence electrons. The summed E-state index contributed by atoms with van der Waals surface area (Å²) in [6, 6.07) is 6.85. The molecule has 1 unspecified atom stereocenters. The smallest absolute Gasteiger partial charge is 0.141 e. The van der Waals surface area contributed by atoms with Gasteiger partial charge in [0.25, 0.3) is 0 Å². The Morgan fingerprint density at radius 2 is 2.18 bits per heavy atom. The first-order valence-corrected chi connectivity index (χ1v) is 6.17. The lowest BCUT2D eigenvalue weighted by Crippen LogP contribution is -2.18. The molecule has 0 spiro atoms. The molecule has 0 aliphatic carbocycles. The van der Waals surface area contributed by atoms with E-state index in [9.17, 15) is 4.39 Å². The van der Waals surface area contributed by atoms with E-state index in [0.29, 0.717) is 6.04 Å². The zero-order valence-corrected chi connectivity index (χ0v) is 10.5. The quantitative estimate of drug-likeness (QED) is 0.805. The third kappa shape index (κ3) is 4.07. The van der Waals surface area contributed by atoms with Gasteiger partial charge >= 0.3 is 0 Å². The van der Waals surface area contributed by atoms with Gasteiger partial charge in [0, 0.05) is 11.7 Å². The van der Waals surface area contributed by atoms with E-state index in [1.54, 1.807) is 12.1 Å². The van der Waals surface area contributed by atoms with E-state index in [4.69, 9.17) is 5.26 Å². The summed E-state index contributed by atoms with van der Waals surface area (Å²) in [6.07, 6.45) is 4.48. The maximum absolute atomic E-state index is 13.1. The molecule has 0 fully saturated rings. The summed E-state index contributed by atoms with van der Waals surface area (Å²) >= 11 is 0. The van der Waals surface area contributed by atoms with Crippen LogP contribution in [0.4, 0.5) is 10.1 Å². The predicted molar refractivity (Wildman–Crippen MR) is 68.3 cm³/mol. The average molecular weight is 234 g/mol. The van der Waals surface area contributed by atoms with Gasteiger partial charge in [-0.05, 0) is 31.0 Å². The molecular weight excluding hydrogens is 215 g/mol. The summed E-state index contributed by atoms with van der Waals surface area (Å²) in [5, 5.41) is 12.1. The Bertz CT molecular complexity index is 396. The molecule has 0 aromatic heterocycles. The normalized spacial score (nSPS) is 11.9. The number of nitrogens with one attached hydrogen (secondary N) is 1. The van der Waals surface area contributed by atoms with Crippen molar-refractivity contribution in [2.45, 2.75) is 45.6 Å². The largest absolute Gasteiger partial charge is 0.382 e. The monoisotopic (exact) mass is 234 g/mol. The molecule has 0 saturated carbocycles. The van der Waals surface area contributed by atoms with E-state index in [1.807, 2.05) is 6.07 Å². The number of rotatable bonds is 6. The second-order valence-corrected chi connectivity index (χ2v) is 4.20. The number of unbranched alkanes of at least 4 members (excludes halogenated alkanes) is 1. The van der Waals surface area contributed by atoms with Gasteiger partial charge in [0.05, 0.1) is 5.56 Å². The topological polar surface area (TPSA) is 35.8 Å². The Labute approximate surface area is 102 Å². The van der Waals surface area contributed by atoms with Crippen molar-refractivity contribution in [3.8, 4) is 6.07 Å². The van der Waals surface area contributed by atoms with Crippen LogP contribution >= 0.6 is 0 Å². The van der Waals surface area contributed by atoms with Gasteiger partial charge in [-0.1, -0.05) is 26.7 Å². The first kappa shape index (κ1) is 13.5. The van der Waals surface area contributed by atoms with Crippen LogP contribution in [-0.4, -0.2) is 6.04 Å². The first-order chi connectivity index (χ1) is 8.21. The SMILES string of the molecule is CCCCC(CC)Nc1ccc(F)c(C#N)c1. The number of hydrogen-bond donors (Lipinski definition) is 1. The van der Waals surface area contributed by atoms with Crippen LogP contribution < -0.4 is 5.32 Å². The Morgan fingerprint density at radius 3 is 2.76 bits per heavy atom. The van der Waals surface area contributed by atoms with Gasteiger partial charge in [0.1, 0.15) is 11.9 Å². The van der Waals surface area contributed by atoms with Gasteiger partial charge in [-0.25, -0.2) is 4.39 Å². The fourth-order valence-electron chi connectivity index (χ4n) is 1.77. The highest BCUT2D eigenvalue weighted by Crippen LogP contribution is 2.17. The van der Waals surface area contributed by atoms with Crippen molar-refractivity contribution in [1.82, 2.24) is 0 Å². The van der Waals surface area contributed by atoms with Crippen molar-refractivity contribution < 1.29 is 4.39 Å². The Kier molecular flexibility index (Phi) is 5.48. The highest BCUT2D eigenvalue weighted by Gasteiger charge is 2.07. The van der Waals surface area contributed by atoms with Crippen LogP contribution in [-0.2, 0) is 0 Å². The Balaban J connectivity index is 2.70. The van der Waals surface area contributed by atoms with Gasteiger partial charge < -0.3 is 5.32 Å². The van der Waals surface area contributed by atoms with E-state index in [1.165, 1.54) is 18.9 Å². The van der Waals surface area contributed by atoms with Gasteiger partial charge in [0.2, 0.25) is 0 Å². The van der Waals surface area contributed by atoms with Crippen LogP contribution in [0.1, 0.15) is 45.1 Å². The fraction of sp³-hybridized carbons (Fsp3) is 0.500. The summed E-state index contributed by atoms with van der Waals surface area (Å²) in [5.41, 5.74) is 0.922. The second kappa shape index (κ2) is 6.90. The van der Waals surface area contributed by atoms with Crippen LogP contribution in [0.15, 0.2) is 18.2 Å². The molecule has 0 saturated heterocycles. The molecule has 1 rings (SSSR count). The molecule has 0 aliphatic rings. The average Bonchev–Trinajstić information content (AvgIpc) is 2.36. The highest BCUT2D eigenvalue weighted by molar-refractivity contribution is 5.50. The summed E-state index contributed by atoms with van der Waals surface area (Å²) in [5.74, 6) is -0.459. The van der Waals surface area contributed by atoms with E-state index in [-0.39, 0.29) is 5.56 Å². The molecular formula is C14H19FN2. The summed E-state index contributed by atoms with van der Waals surface area (Å²) in [6.45, 7) is 4.29. The molecule has 0 aliphatic heterocycles. The molecule has 0 heterocycles. The molecule has 0 amide bonds. The molecule has 2 nitrogen and oxygen atoms in total. The number of benzene rings is 1. The van der Waals surface area contributed by atoms with Crippen LogP contribution in [0.5, 0.6) is 0 Å². The minimum atomic E-state index is -0.459. The predicted octanol–water partition coefficient (Wildman–Crippen LogP) is 4.08. The highest BCUT2D eigenvalue weighted by atomic mass is 19.1. The maximum atomic E-state index is 13.1. The number of anilines is 1. The third-order valence-electron chi connectivity index (χ3n) is 2.86. The first-order valence-electron chi connectivity index (χ1n) is 6.17. The van der Waals surface area contributed by atoms with Crippen molar-refractivity contribution in [3.63, 3.8) is 0 Å². The fourth-order valence-corrected chi connectivity index (χ4v) is 1.77. The van der Waals surface area contributed by atoms with E-state index in [0.717, 1.165) is 18.5 Å². The van der Waals surface area contributed by atoms with E-state index in [2.05, 4.69) is 19.2 Å². The molecule has 1 atom stereocenters. The number of nitrogens with zero attached hydrogens (tertiary/aromatic N) is 1. The lowest BCUT2D eigenvalue weighted by atomic mass is 10.1. The second-order valence-electron chi connectivity index (χ2n) is 4.20. The number of hydrogen-bond acceptors (Lipinski definition) is 2. The lowest BCUT2D eigenvalue weighted by molar-refractivity contribution is 0.592. The lowest BCUT2D eigenvalue weighted by Gasteiger charge is -2.18. The van der Waals surface area contributed by atoms with Crippen molar-refractivity contribution in [1.29, 1.82) is 5.26 Å². The van der Waals surface area contributed by atoms with E-state index < -0.39 is 5.82 Å². The van der Waals surface area contributed by atoms with Crippen LogP contribution in [0, 0.1) is 17.1 Å². The van der Waals surface area contributed by atoms with Crippen LogP contribution in [0.2, 0.25) is 0 Å². The molecule has 1 N–H and O–H groups in total. The standard InChI is InChI=1S/C14H19FN2/c1-3-5-6-12(4-2)17-13-7-8-14(15)11(9-13)10-16/h7-9,12,17H,3-6H2,1-2H3. The van der Waals surface area contributed by atoms with Crippen molar-refractivity contribution in [3.05, 3.63) is 29.6 Å². The summed E-state index contributed by atoms with van der Waals surface area (Å²) < 4.78 is 13.1. The van der Waals surface area contributed by atoms with E-state index >= 15 is 0 Å². The Morgan fingerprint density at radius 1 is 1.41 bits per heavy atom. The number of halogens is 1. The third-order valence-corrected chi connectivity index (χ3v) is 2.86. The number of nitriles is 1. The van der Waals surface area contributed by atoms with Gasteiger partial charge in [0.15, 0.2) is 0 Å². The molecule has 1 aromatic carbocycles. The summed E-state index contributed by atoms with van der Waals surface area (Å²) in [4.78, 5) is 0. The van der Waals surface area contributed by atoms with Crippen LogP contribution in [0.25, 0.3) is 0 Å². The molecule has 3 heteroatoms. The van der Waals surface area contributed by atoms with Gasteiger partial charge in [-0.2, -0.15) is 5.26 Å². The minimum Gasteiger partial charge on any atom is -0.382 e. The van der Waals surface area contributed by atoms with Crippen LogP contribution in [0.3, 0.4) is 0 Å². The molecule has 17 heavy (non-hydrogen) atoms. The molecule has 0 bridgehead atoms. The minimum absolute atomic E-state index is 0.0975. The molecule has 1 aromatic rings. The zero-order chi connectivity index (χ0) is 12.7. The van der Waals surface area contributed by atoms with Crippen molar-refractivity contribution in [2.75, 3.05) is 5.32 Å². The zero-order valence-electron chi connectivity index (χ0n) is 10.5. The maximum Gasteiger partial charge on any atom is 0.141 e. The Hall–Kier alpha value is -1.56. The van der Waals surface area contributed by atoms with Gasteiger partial charge in [-0.15, -0.1) is 0 Å².